The molecule has 9 heavy (non-hydrogen) atoms. The summed E-state index contributed by atoms with van der Waals surface area (Å²) in [7, 11) is 0. The molecule has 0 aliphatic carbocycles. The van der Waals surface area contributed by atoms with Crippen molar-refractivity contribution in [2.24, 2.45) is 17.4 Å². The van der Waals surface area contributed by atoms with Gasteiger partial charge in [-0.3, -0.25) is 4.79 Å². The highest BCUT2D eigenvalue weighted by Crippen LogP contribution is 2.03. The highest BCUT2D eigenvalue weighted by Gasteiger charge is 2.15. The molecule has 0 rings (SSSR count). The fourth-order valence-electron chi connectivity index (χ4n) is 0.534. The van der Waals surface area contributed by atoms with Gasteiger partial charge in [-0.25, -0.2) is 0 Å². The van der Waals surface area contributed by atoms with Gasteiger partial charge in [0, 0.05) is 0 Å². The van der Waals surface area contributed by atoms with Gasteiger partial charge in [0.1, 0.15) is 0 Å². The average Bonchev–Trinajstić information content (AvgIpc) is 1.84. The first-order valence-electron chi connectivity index (χ1n) is 3.14. The lowest BCUT2D eigenvalue weighted by molar-refractivity contribution is -0.120. The minimum absolute atomic E-state index is 0.197. The summed E-state index contributed by atoms with van der Waals surface area (Å²) in [5, 5.41) is 0. The van der Waals surface area contributed by atoms with Crippen molar-refractivity contribution in [1.82, 2.24) is 0 Å². The second-order valence-corrected chi connectivity index (χ2v) is 2.31. The third-order valence-electron chi connectivity index (χ3n) is 1.59. The summed E-state index contributed by atoms with van der Waals surface area (Å²) in [6, 6.07) is -0.477. The molecule has 0 aliphatic rings. The predicted octanol–water partition coefficient (Wildman–Crippen LogP) is -0.155. The normalized spacial score (nSPS) is 16.8. The molecule has 3 nitrogen and oxygen atoms in total. The number of amides is 1. The van der Waals surface area contributed by atoms with E-state index in [4.69, 9.17) is 11.5 Å². The lowest BCUT2D eigenvalue weighted by atomic mass is 10.00. The maximum atomic E-state index is 10.4. The summed E-state index contributed by atoms with van der Waals surface area (Å²) >= 11 is 0. The van der Waals surface area contributed by atoms with Crippen molar-refractivity contribution in [3.8, 4) is 0 Å². The molecule has 0 fully saturated rings. The van der Waals surface area contributed by atoms with Crippen molar-refractivity contribution >= 4 is 5.91 Å². The van der Waals surface area contributed by atoms with Crippen LogP contribution in [0.3, 0.4) is 0 Å². The smallest absolute Gasteiger partial charge is 0.234 e. The zero-order valence-corrected chi connectivity index (χ0v) is 5.92. The Kier molecular flexibility index (Phi) is 3.24. The summed E-state index contributed by atoms with van der Waals surface area (Å²) in [5.74, 6) is -0.216. The SMILES string of the molecule is CCC(C)[C@H](N)C(N)=O. The van der Waals surface area contributed by atoms with E-state index in [0.717, 1.165) is 6.42 Å². The quantitative estimate of drug-likeness (QED) is 0.557. The van der Waals surface area contributed by atoms with Crippen LogP contribution in [0, 0.1) is 5.92 Å². The summed E-state index contributed by atoms with van der Waals surface area (Å²) < 4.78 is 0. The van der Waals surface area contributed by atoms with E-state index in [1.54, 1.807) is 0 Å². The maximum absolute atomic E-state index is 10.4. The summed E-state index contributed by atoms with van der Waals surface area (Å²) in [5.41, 5.74) is 10.3. The zero-order chi connectivity index (χ0) is 7.44. The van der Waals surface area contributed by atoms with Gasteiger partial charge < -0.3 is 11.5 Å². The largest absolute Gasteiger partial charge is 0.368 e. The highest BCUT2D eigenvalue weighted by molar-refractivity contribution is 5.79. The van der Waals surface area contributed by atoms with Crippen molar-refractivity contribution in [2.45, 2.75) is 26.3 Å². The van der Waals surface area contributed by atoms with E-state index in [2.05, 4.69) is 0 Å². The Hall–Kier alpha value is -0.570. The van der Waals surface area contributed by atoms with Gasteiger partial charge in [-0.15, -0.1) is 0 Å². The molecule has 3 heteroatoms. The maximum Gasteiger partial charge on any atom is 0.234 e. The van der Waals surface area contributed by atoms with Crippen molar-refractivity contribution in [3.05, 3.63) is 0 Å². The summed E-state index contributed by atoms with van der Waals surface area (Å²) in [6.45, 7) is 3.89. The van der Waals surface area contributed by atoms with E-state index >= 15 is 0 Å². The van der Waals surface area contributed by atoms with E-state index in [0.29, 0.717) is 0 Å². The Morgan fingerprint density at radius 3 is 2.22 bits per heavy atom. The standard InChI is InChI=1S/C6H14N2O/c1-3-4(2)5(7)6(8)9/h4-5H,3,7H2,1-2H3,(H2,8,9)/t4?,5-/m0/s1. The van der Waals surface area contributed by atoms with E-state index in [9.17, 15) is 4.79 Å². The van der Waals surface area contributed by atoms with Crippen LogP contribution in [0.2, 0.25) is 0 Å². The first kappa shape index (κ1) is 8.43. The number of primary amides is 1. The number of carbonyl (C=O) groups is 1. The Labute approximate surface area is 55.4 Å². The number of hydrogen-bond donors (Lipinski definition) is 2. The molecular formula is C6H14N2O. The third kappa shape index (κ3) is 2.46. The zero-order valence-electron chi connectivity index (χ0n) is 5.92. The number of carbonyl (C=O) groups excluding carboxylic acids is 1. The van der Waals surface area contributed by atoms with Crippen LogP contribution >= 0.6 is 0 Å². The molecule has 0 aliphatic heterocycles. The molecular weight excluding hydrogens is 116 g/mol. The Morgan fingerprint density at radius 2 is 2.11 bits per heavy atom. The van der Waals surface area contributed by atoms with Crippen molar-refractivity contribution in [3.63, 3.8) is 0 Å². The van der Waals surface area contributed by atoms with E-state index in [-0.39, 0.29) is 5.92 Å². The molecule has 0 bridgehead atoms. The molecule has 1 unspecified atom stereocenters. The second-order valence-electron chi connectivity index (χ2n) is 2.31. The monoisotopic (exact) mass is 130 g/mol. The Bertz CT molecular complexity index is 103. The number of hydrogen-bond acceptors (Lipinski definition) is 2. The van der Waals surface area contributed by atoms with Crippen LogP contribution < -0.4 is 11.5 Å². The second kappa shape index (κ2) is 3.45. The molecule has 1 amide bonds. The molecule has 4 N–H and O–H groups in total. The van der Waals surface area contributed by atoms with Crippen LogP contribution in [0.1, 0.15) is 20.3 Å². The molecule has 0 radical (unpaired) electrons. The molecule has 0 aromatic heterocycles. The molecule has 0 saturated heterocycles. The summed E-state index contributed by atoms with van der Waals surface area (Å²) in [6.07, 6.45) is 0.893. The van der Waals surface area contributed by atoms with Crippen molar-refractivity contribution in [2.75, 3.05) is 0 Å². The molecule has 54 valence electrons. The molecule has 0 heterocycles. The Morgan fingerprint density at radius 1 is 1.67 bits per heavy atom. The predicted molar refractivity (Wildman–Crippen MR) is 36.6 cm³/mol. The van der Waals surface area contributed by atoms with Gasteiger partial charge in [-0.2, -0.15) is 0 Å². The lowest BCUT2D eigenvalue weighted by Crippen LogP contribution is -2.41. The molecule has 0 aromatic carbocycles. The van der Waals surface area contributed by atoms with Crippen LogP contribution in [0.15, 0.2) is 0 Å². The minimum Gasteiger partial charge on any atom is -0.368 e. The van der Waals surface area contributed by atoms with Gasteiger partial charge in [-0.05, 0) is 5.92 Å². The van der Waals surface area contributed by atoms with Gasteiger partial charge >= 0.3 is 0 Å². The van der Waals surface area contributed by atoms with Crippen molar-refractivity contribution < 1.29 is 4.79 Å². The van der Waals surface area contributed by atoms with Gasteiger partial charge in [0.2, 0.25) is 5.91 Å². The first-order valence-corrected chi connectivity index (χ1v) is 3.14. The van der Waals surface area contributed by atoms with Crippen LogP contribution in [-0.4, -0.2) is 11.9 Å². The van der Waals surface area contributed by atoms with Gasteiger partial charge in [0.15, 0.2) is 0 Å². The number of rotatable bonds is 3. The third-order valence-corrected chi connectivity index (χ3v) is 1.59. The van der Waals surface area contributed by atoms with Crippen LogP contribution in [0.5, 0.6) is 0 Å². The molecule has 0 spiro atoms. The van der Waals surface area contributed by atoms with Gasteiger partial charge in [0.25, 0.3) is 0 Å². The van der Waals surface area contributed by atoms with Crippen LogP contribution in [0.25, 0.3) is 0 Å². The topological polar surface area (TPSA) is 69.1 Å². The summed E-state index contributed by atoms with van der Waals surface area (Å²) in [4.78, 5) is 10.4. The van der Waals surface area contributed by atoms with E-state index < -0.39 is 11.9 Å². The fraction of sp³-hybridized carbons (Fsp3) is 0.833. The van der Waals surface area contributed by atoms with Gasteiger partial charge in [-0.1, -0.05) is 20.3 Å². The van der Waals surface area contributed by atoms with Crippen molar-refractivity contribution in [1.29, 1.82) is 0 Å². The average molecular weight is 130 g/mol. The lowest BCUT2D eigenvalue weighted by Gasteiger charge is -2.13. The molecule has 2 atom stereocenters. The fourth-order valence-corrected chi connectivity index (χ4v) is 0.534. The molecule has 0 aromatic rings. The minimum atomic E-state index is -0.477. The first-order chi connectivity index (χ1) is 4.09. The van der Waals surface area contributed by atoms with E-state index in [1.807, 2.05) is 13.8 Å². The number of nitrogens with two attached hydrogens (primary N) is 2. The van der Waals surface area contributed by atoms with E-state index in [1.165, 1.54) is 0 Å². The molecule has 0 saturated carbocycles. The van der Waals surface area contributed by atoms with Gasteiger partial charge in [0.05, 0.1) is 6.04 Å². The Balaban J connectivity index is 3.72. The highest BCUT2D eigenvalue weighted by atomic mass is 16.1. The van der Waals surface area contributed by atoms with Crippen LogP contribution in [-0.2, 0) is 4.79 Å². The van der Waals surface area contributed by atoms with Crippen LogP contribution in [0.4, 0.5) is 0 Å².